The molecule has 300 valence electrons. The van der Waals surface area contributed by atoms with Gasteiger partial charge in [-0.3, -0.25) is 19.9 Å². The smallest absolute Gasteiger partial charge is 0.390 e. The number of benzene rings is 1. The van der Waals surface area contributed by atoms with Crippen molar-refractivity contribution in [2.45, 2.75) is 87.7 Å². The molecule has 12 nitrogen and oxygen atoms in total. The minimum absolute atomic E-state index is 0.00870. The molecule has 5 aliphatic rings. The van der Waals surface area contributed by atoms with Gasteiger partial charge in [0, 0.05) is 73.8 Å². The van der Waals surface area contributed by atoms with E-state index in [0.29, 0.717) is 41.5 Å². The number of aliphatic hydroxyl groups is 1. The lowest BCUT2D eigenvalue weighted by Gasteiger charge is -2.39. The van der Waals surface area contributed by atoms with Crippen molar-refractivity contribution in [2.24, 2.45) is 0 Å². The zero-order valence-electron chi connectivity index (χ0n) is 30.2. The van der Waals surface area contributed by atoms with E-state index in [2.05, 4.69) is 20.1 Å². The topological polar surface area (TPSA) is 132 Å². The predicted molar refractivity (Wildman–Crippen MR) is 185 cm³/mol. The summed E-state index contributed by atoms with van der Waals surface area (Å²) in [6, 6.07) is 5.97. The number of hydrogen-bond donors (Lipinski definition) is 2. The molecule has 3 atom stereocenters. The zero-order valence-corrected chi connectivity index (χ0v) is 31.0. The van der Waals surface area contributed by atoms with Gasteiger partial charge in [0.05, 0.1) is 43.4 Å². The SMILES string of the molecule is CS(=O)(=O)N1CCc2c(c(-c3ccc(C(F)(F)F)c(CNC4(c5ccc(C(F)(F)F)nc5)CO4)c3)nn2CC(O)CN2CCC(N3CCCC34CO4)CC2)C1. The highest BCUT2D eigenvalue weighted by molar-refractivity contribution is 7.88. The molecule has 2 aromatic heterocycles. The minimum Gasteiger partial charge on any atom is -0.390 e. The van der Waals surface area contributed by atoms with E-state index >= 15 is 0 Å². The van der Waals surface area contributed by atoms with Crippen molar-refractivity contribution in [3.63, 3.8) is 0 Å². The Labute approximate surface area is 314 Å². The number of halogens is 6. The van der Waals surface area contributed by atoms with Crippen LogP contribution in [0.25, 0.3) is 11.3 Å². The number of hydrogen-bond acceptors (Lipinski definition) is 10. The summed E-state index contributed by atoms with van der Waals surface area (Å²) in [5.41, 5.74) is -1.49. The van der Waals surface area contributed by atoms with Crippen LogP contribution in [0.15, 0.2) is 36.5 Å². The molecule has 3 aromatic rings. The van der Waals surface area contributed by atoms with E-state index in [-0.39, 0.29) is 49.6 Å². The number of nitrogens with one attached hydrogen (secondary N) is 1. The Morgan fingerprint density at radius 3 is 2.36 bits per heavy atom. The van der Waals surface area contributed by atoms with Crippen LogP contribution in [0.4, 0.5) is 26.3 Å². The molecule has 19 heteroatoms. The fourth-order valence-electron chi connectivity index (χ4n) is 8.53. The lowest BCUT2D eigenvalue weighted by atomic mass is 9.97. The summed E-state index contributed by atoms with van der Waals surface area (Å²) in [6.45, 7) is 3.79. The summed E-state index contributed by atoms with van der Waals surface area (Å²) in [6.07, 6.45) is -3.67. The van der Waals surface area contributed by atoms with Gasteiger partial charge in [-0.25, -0.2) is 8.42 Å². The number of piperidine rings is 1. The molecule has 0 aliphatic carbocycles. The second-order valence-corrected chi connectivity index (χ2v) is 17.3. The summed E-state index contributed by atoms with van der Waals surface area (Å²) < 4.78 is 122. The van der Waals surface area contributed by atoms with Gasteiger partial charge in [0.25, 0.3) is 0 Å². The zero-order chi connectivity index (χ0) is 39.0. The van der Waals surface area contributed by atoms with Crippen molar-refractivity contribution in [1.29, 1.82) is 0 Å². The Morgan fingerprint density at radius 1 is 1.00 bits per heavy atom. The van der Waals surface area contributed by atoms with E-state index in [4.69, 9.17) is 14.6 Å². The molecular weight excluding hydrogens is 756 g/mol. The van der Waals surface area contributed by atoms with E-state index in [0.717, 1.165) is 76.5 Å². The third-order valence-electron chi connectivity index (χ3n) is 11.6. The first-order valence-electron chi connectivity index (χ1n) is 18.4. The monoisotopic (exact) mass is 799 g/mol. The van der Waals surface area contributed by atoms with Gasteiger partial charge in [-0.05, 0) is 62.5 Å². The van der Waals surface area contributed by atoms with Crippen LogP contribution in [-0.4, -0.2) is 112 Å². The second-order valence-electron chi connectivity index (χ2n) is 15.3. The van der Waals surface area contributed by atoms with Crippen molar-refractivity contribution in [2.75, 3.05) is 52.2 Å². The number of likely N-dealkylation sites (tertiary alicyclic amines) is 2. The number of fused-ring (bicyclic) bond motifs is 1. The molecule has 4 saturated heterocycles. The Morgan fingerprint density at radius 2 is 1.75 bits per heavy atom. The normalized spacial score (nSPS) is 26.1. The maximum atomic E-state index is 14.3. The molecule has 0 amide bonds. The van der Waals surface area contributed by atoms with Crippen molar-refractivity contribution < 1.29 is 49.3 Å². The second kappa shape index (κ2) is 14.0. The van der Waals surface area contributed by atoms with Crippen LogP contribution in [-0.2, 0) is 63.6 Å². The summed E-state index contributed by atoms with van der Waals surface area (Å²) in [4.78, 5) is 8.19. The molecule has 55 heavy (non-hydrogen) atoms. The highest BCUT2D eigenvalue weighted by Crippen LogP contribution is 2.44. The van der Waals surface area contributed by atoms with Crippen molar-refractivity contribution in [3.05, 3.63) is 70.2 Å². The number of epoxide rings is 2. The van der Waals surface area contributed by atoms with Crippen LogP contribution in [0.5, 0.6) is 0 Å². The number of pyridine rings is 1. The number of aromatic nitrogens is 3. The molecule has 2 N–H and O–H groups in total. The number of aliphatic hydroxyl groups excluding tert-OH is 1. The molecule has 0 saturated carbocycles. The first-order chi connectivity index (χ1) is 25.9. The number of alkyl halides is 6. The molecule has 0 radical (unpaired) electrons. The Bertz CT molecular complexity index is 2010. The minimum atomic E-state index is -4.74. The van der Waals surface area contributed by atoms with Gasteiger partial charge in [-0.1, -0.05) is 12.1 Å². The first kappa shape index (κ1) is 38.7. The Balaban J connectivity index is 1.02. The average Bonchev–Trinajstić information content (AvgIpc) is 4.02. The van der Waals surface area contributed by atoms with Gasteiger partial charge in [-0.2, -0.15) is 35.7 Å². The maximum absolute atomic E-state index is 14.3. The van der Waals surface area contributed by atoms with E-state index in [1.54, 1.807) is 4.68 Å². The van der Waals surface area contributed by atoms with Crippen LogP contribution in [0.2, 0.25) is 0 Å². The highest BCUT2D eigenvalue weighted by Gasteiger charge is 2.55. The van der Waals surface area contributed by atoms with Crippen molar-refractivity contribution in [1.82, 2.24) is 34.2 Å². The lowest BCUT2D eigenvalue weighted by molar-refractivity contribution is -0.141. The molecule has 5 aliphatic heterocycles. The number of sulfonamides is 1. The van der Waals surface area contributed by atoms with Gasteiger partial charge >= 0.3 is 12.4 Å². The van der Waals surface area contributed by atoms with Gasteiger partial charge < -0.3 is 19.5 Å². The predicted octanol–water partition coefficient (Wildman–Crippen LogP) is 3.92. The number of nitrogens with zero attached hydrogens (tertiary/aromatic N) is 6. The van der Waals surface area contributed by atoms with Crippen LogP contribution in [0.3, 0.4) is 0 Å². The molecule has 3 unspecified atom stereocenters. The molecular formula is C36H43F6N7O5S. The maximum Gasteiger partial charge on any atom is 0.433 e. The number of rotatable bonds is 11. The van der Waals surface area contributed by atoms with Gasteiger partial charge in [0.2, 0.25) is 10.0 Å². The van der Waals surface area contributed by atoms with E-state index in [9.17, 15) is 39.9 Å². The van der Waals surface area contributed by atoms with Crippen LogP contribution in [0.1, 0.15) is 59.3 Å². The summed E-state index contributed by atoms with van der Waals surface area (Å²) in [7, 11) is -3.62. The van der Waals surface area contributed by atoms with E-state index in [1.807, 2.05) is 0 Å². The van der Waals surface area contributed by atoms with E-state index in [1.165, 1.54) is 22.5 Å². The van der Waals surface area contributed by atoms with Crippen LogP contribution >= 0.6 is 0 Å². The largest absolute Gasteiger partial charge is 0.433 e. The summed E-state index contributed by atoms with van der Waals surface area (Å²) in [5, 5.41) is 19.0. The standard InChI is InChI=1S/C36H43F6N7O5S/c1-55(51,52)47-14-9-30-28(20-47)32(45-49(30)19-27(50)18-46-12-7-26(8-13-46)48-11-2-10-33(48)21-53-33)23-3-5-29(35(37,38)39)24(15-23)16-44-34(22-54-34)25-4-6-31(43-17-25)36(40,41)42/h3-6,15,17,26-27,44,50H,2,7-14,16,18-22H2,1H3. The lowest BCUT2D eigenvalue weighted by Crippen LogP contribution is -2.49. The third kappa shape index (κ3) is 7.90. The molecule has 1 aromatic carbocycles. The quantitative estimate of drug-likeness (QED) is 0.218. The van der Waals surface area contributed by atoms with E-state index < -0.39 is 45.5 Å². The Kier molecular flexibility index (Phi) is 9.87. The van der Waals surface area contributed by atoms with Crippen molar-refractivity contribution in [3.8, 4) is 11.3 Å². The summed E-state index contributed by atoms with van der Waals surface area (Å²) >= 11 is 0. The number of β-amino-alcohol motifs (C(OH)–C–C–N with tert-alkyl or cyclic N) is 1. The van der Waals surface area contributed by atoms with Gasteiger partial charge in [0.1, 0.15) is 11.4 Å². The molecule has 1 spiro atoms. The molecule has 4 fully saturated rings. The average molecular weight is 800 g/mol. The van der Waals surface area contributed by atoms with Crippen LogP contribution < -0.4 is 5.32 Å². The first-order valence-corrected chi connectivity index (χ1v) is 20.3. The fraction of sp³-hybridized carbons (Fsp3) is 0.611. The molecule has 7 heterocycles. The number of ether oxygens (including phenoxy) is 2. The van der Waals surface area contributed by atoms with Crippen LogP contribution in [0, 0.1) is 0 Å². The Hall–Kier alpha value is -3.17. The van der Waals surface area contributed by atoms with Gasteiger partial charge in [0.15, 0.2) is 5.72 Å². The van der Waals surface area contributed by atoms with Crippen molar-refractivity contribution >= 4 is 10.0 Å². The van der Waals surface area contributed by atoms with Gasteiger partial charge in [-0.15, -0.1) is 0 Å². The highest BCUT2D eigenvalue weighted by atomic mass is 32.2. The molecule has 0 bridgehead atoms. The fourth-order valence-corrected chi connectivity index (χ4v) is 9.31. The molecule has 8 rings (SSSR count). The third-order valence-corrected chi connectivity index (χ3v) is 12.8. The summed E-state index contributed by atoms with van der Waals surface area (Å²) in [5.74, 6) is 0.